The van der Waals surface area contributed by atoms with Crippen molar-refractivity contribution in [3.63, 3.8) is 0 Å². The summed E-state index contributed by atoms with van der Waals surface area (Å²) in [4.78, 5) is 24.5. The molecule has 6 heteroatoms. The van der Waals surface area contributed by atoms with Gasteiger partial charge in [0.2, 0.25) is 0 Å². The molecule has 1 amide bonds. The van der Waals surface area contributed by atoms with E-state index >= 15 is 0 Å². The summed E-state index contributed by atoms with van der Waals surface area (Å²) >= 11 is 0. The minimum atomic E-state index is -1.58. The lowest BCUT2D eigenvalue weighted by Crippen LogP contribution is -2.14. The first-order valence-corrected chi connectivity index (χ1v) is 9.85. The number of carbonyl (C=O) groups excluding carboxylic acids is 2. The van der Waals surface area contributed by atoms with Crippen molar-refractivity contribution in [1.82, 2.24) is 0 Å². The summed E-state index contributed by atoms with van der Waals surface area (Å²) in [7, 11) is -1.58. The molecule has 0 aliphatic rings. The summed E-state index contributed by atoms with van der Waals surface area (Å²) in [6.07, 6.45) is 0. The molecule has 3 aromatic carbocycles. The highest BCUT2D eigenvalue weighted by Gasteiger charge is 2.13. The van der Waals surface area contributed by atoms with Gasteiger partial charge in [0.25, 0.3) is 5.91 Å². The minimum absolute atomic E-state index is 0.0646. The first-order valence-electron chi connectivity index (χ1n) is 8.70. The lowest BCUT2D eigenvalue weighted by molar-refractivity contribution is 0.101. The van der Waals surface area contributed by atoms with Crippen LogP contribution in [0.2, 0.25) is 0 Å². The highest BCUT2D eigenvalue weighted by atomic mass is 32.2. The highest BCUT2D eigenvalue weighted by Crippen LogP contribution is 2.20. The molecule has 28 heavy (non-hydrogen) atoms. The number of amides is 1. The first-order chi connectivity index (χ1) is 13.4. The molecule has 2 N–H and O–H groups in total. The van der Waals surface area contributed by atoms with Crippen molar-refractivity contribution < 1.29 is 13.8 Å². The van der Waals surface area contributed by atoms with Crippen LogP contribution in [0.4, 0.5) is 11.4 Å². The van der Waals surface area contributed by atoms with E-state index in [2.05, 4.69) is 10.0 Å². The Morgan fingerprint density at radius 3 is 2.25 bits per heavy atom. The average Bonchev–Trinajstić information content (AvgIpc) is 2.69. The number of carbonyl (C=O) groups is 2. The molecule has 0 bridgehead atoms. The second-order valence-corrected chi connectivity index (χ2v) is 7.49. The summed E-state index contributed by atoms with van der Waals surface area (Å²) in [5.74, 6) is -0.340. The molecule has 0 saturated carbocycles. The fourth-order valence-electron chi connectivity index (χ4n) is 2.63. The van der Waals surface area contributed by atoms with Gasteiger partial charge in [-0.05, 0) is 55.8 Å². The van der Waals surface area contributed by atoms with Crippen molar-refractivity contribution in [1.29, 1.82) is 0 Å². The van der Waals surface area contributed by atoms with E-state index in [1.165, 1.54) is 6.92 Å². The third-order valence-corrected chi connectivity index (χ3v) is 5.42. The average molecular weight is 392 g/mol. The van der Waals surface area contributed by atoms with E-state index in [-0.39, 0.29) is 11.7 Å². The molecule has 3 aromatic rings. The van der Waals surface area contributed by atoms with E-state index < -0.39 is 11.0 Å². The third kappa shape index (κ3) is 4.72. The minimum Gasteiger partial charge on any atom is -0.322 e. The zero-order chi connectivity index (χ0) is 20.1. The Balaban J connectivity index is 1.81. The van der Waals surface area contributed by atoms with Gasteiger partial charge in [-0.25, -0.2) is 4.21 Å². The van der Waals surface area contributed by atoms with Crippen molar-refractivity contribution in [2.24, 2.45) is 0 Å². The van der Waals surface area contributed by atoms with E-state index in [4.69, 9.17) is 0 Å². The van der Waals surface area contributed by atoms with Crippen LogP contribution >= 0.6 is 0 Å². The van der Waals surface area contributed by atoms with Crippen LogP contribution in [0.3, 0.4) is 0 Å². The Morgan fingerprint density at radius 2 is 1.54 bits per heavy atom. The molecule has 142 valence electrons. The molecule has 0 aromatic heterocycles. The second-order valence-electron chi connectivity index (χ2n) is 6.31. The quantitative estimate of drug-likeness (QED) is 0.603. The highest BCUT2D eigenvalue weighted by molar-refractivity contribution is 7.86. The normalized spacial score (nSPS) is 11.5. The zero-order valence-corrected chi connectivity index (χ0v) is 16.4. The monoisotopic (exact) mass is 392 g/mol. The Labute approximate surface area is 166 Å². The number of para-hydroxylation sites is 1. The standard InChI is InChI=1S/C22H20N2O3S/c1-15-11-12-18(22(26)23-19-8-4-3-5-9-19)14-21(15)28(27)24-20-10-6-7-17(13-20)16(2)25/h3-14,24H,1-2H3,(H,23,26). The number of anilines is 2. The third-order valence-electron chi connectivity index (χ3n) is 4.16. The lowest BCUT2D eigenvalue weighted by Gasteiger charge is -2.11. The smallest absolute Gasteiger partial charge is 0.255 e. The molecule has 5 nitrogen and oxygen atoms in total. The fourth-order valence-corrected chi connectivity index (χ4v) is 3.67. The molecule has 0 aliphatic heterocycles. The maximum atomic E-state index is 12.8. The second kappa shape index (κ2) is 8.63. The first kappa shape index (κ1) is 19.5. The van der Waals surface area contributed by atoms with Gasteiger partial charge >= 0.3 is 0 Å². The summed E-state index contributed by atoms with van der Waals surface area (Å²) in [5.41, 5.74) is 3.01. The van der Waals surface area contributed by atoms with Crippen molar-refractivity contribution >= 4 is 34.1 Å². The van der Waals surface area contributed by atoms with Gasteiger partial charge in [-0.1, -0.05) is 36.4 Å². The topological polar surface area (TPSA) is 75.3 Å². The van der Waals surface area contributed by atoms with Crippen molar-refractivity contribution in [2.75, 3.05) is 10.0 Å². The number of hydrogen-bond donors (Lipinski definition) is 2. The summed E-state index contributed by atoms with van der Waals surface area (Å²) in [5, 5.41) is 2.82. The Bertz CT molecular complexity index is 1050. The Hall–Kier alpha value is -3.25. The van der Waals surface area contributed by atoms with Crippen LogP contribution in [-0.2, 0) is 11.0 Å². The summed E-state index contributed by atoms with van der Waals surface area (Å²) in [6, 6.07) is 21.1. The number of benzene rings is 3. The Morgan fingerprint density at radius 1 is 0.821 bits per heavy atom. The van der Waals surface area contributed by atoms with Crippen LogP contribution < -0.4 is 10.0 Å². The van der Waals surface area contributed by atoms with E-state index in [0.29, 0.717) is 27.4 Å². The number of ketones is 1. The molecule has 0 saturated heterocycles. The fraction of sp³-hybridized carbons (Fsp3) is 0.0909. The van der Waals surface area contributed by atoms with Gasteiger partial charge < -0.3 is 10.0 Å². The molecule has 0 heterocycles. The molecule has 0 fully saturated rings. The molecular formula is C22H20N2O3S. The lowest BCUT2D eigenvalue weighted by atomic mass is 10.1. The van der Waals surface area contributed by atoms with E-state index in [9.17, 15) is 13.8 Å². The van der Waals surface area contributed by atoms with Crippen LogP contribution in [-0.4, -0.2) is 15.9 Å². The molecule has 0 spiro atoms. The van der Waals surface area contributed by atoms with Gasteiger partial charge in [-0.15, -0.1) is 0 Å². The Kier molecular flexibility index (Phi) is 6.01. The molecule has 0 aliphatic carbocycles. The molecular weight excluding hydrogens is 372 g/mol. The van der Waals surface area contributed by atoms with E-state index in [0.717, 1.165) is 5.56 Å². The van der Waals surface area contributed by atoms with Crippen LogP contribution in [0.5, 0.6) is 0 Å². The van der Waals surface area contributed by atoms with Crippen LogP contribution in [0.15, 0.2) is 77.7 Å². The zero-order valence-electron chi connectivity index (χ0n) is 15.6. The number of nitrogens with one attached hydrogen (secondary N) is 2. The molecule has 1 unspecified atom stereocenters. The SMILES string of the molecule is CC(=O)c1cccc(NS(=O)c2cc(C(=O)Nc3ccccc3)ccc2C)c1. The van der Waals surface area contributed by atoms with Gasteiger partial charge in [0, 0.05) is 22.5 Å². The largest absolute Gasteiger partial charge is 0.322 e. The number of aryl methyl sites for hydroxylation is 1. The van der Waals surface area contributed by atoms with Gasteiger partial charge in [0.1, 0.15) is 0 Å². The van der Waals surface area contributed by atoms with Crippen molar-refractivity contribution in [3.05, 3.63) is 89.5 Å². The number of Topliss-reactive ketones (excluding diaryl/α,β-unsaturated/α-hetero) is 1. The number of hydrogen-bond acceptors (Lipinski definition) is 3. The van der Waals surface area contributed by atoms with Gasteiger partial charge in [-0.2, -0.15) is 0 Å². The maximum absolute atomic E-state index is 12.8. The van der Waals surface area contributed by atoms with E-state index in [1.54, 1.807) is 54.6 Å². The molecule has 3 rings (SSSR count). The molecule has 1 atom stereocenters. The van der Waals surface area contributed by atoms with Crippen LogP contribution in [0, 0.1) is 6.92 Å². The number of rotatable bonds is 6. The summed E-state index contributed by atoms with van der Waals surface area (Å²) < 4.78 is 15.7. The summed E-state index contributed by atoms with van der Waals surface area (Å²) in [6.45, 7) is 3.31. The van der Waals surface area contributed by atoms with Crippen molar-refractivity contribution in [3.8, 4) is 0 Å². The predicted octanol–water partition coefficient (Wildman–Crippen LogP) is 4.58. The van der Waals surface area contributed by atoms with Crippen LogP contribution in [0.25, 0.3) is 0 Å². The van der Waals surface area contributed by atoms with E-state index in [1.807, 2.05) is 25.1 Å². The predicted molar refractivity (Wildman–Crippen MR) is 112 cm³/mol. The van der Waals surface area contributed by atoms with Crippen molar-refractivity contribution in [2.45, 2.75) is 18.7 Å². The van der Waals surface area contributed by atoms with Crippen LogP contribution in [0.1, 0.15) is 33.2 Å². The van der Waals surface area contributed by atoms with Gasteiger partial charge in [0.15, 0.2) is 16.8 Å². The van der Waals surface area contributed by atoms with Gasteiger partial charge in [0.05, 0.1) is 4.90 Å². The maximum Gasteiger partial charge on any atom is 0.255 e. The molecule has 0 radical (unpaired) electrons. The van der Waals surface area contributed by atoms with Gasteiger partial charge in [-0.3, -0.25) is 9.59 Å².